The molecule has 2 N–H and O–H groups in total. The van der Waals surface area contributed by atoms with E-state index in [-0.39, 0.29) is 5.02 Å². The van der Waals surface area contributed by atoms with E-state index in [2.05, 4.69) is 4.74 Å². The maximum Gasteiger partial charge on any atom is 0.326 e. The van der Waals surface area contributed by atoms with Crippen LogP contribution in [0.5, 0.6) is 0 Å². The van der Waals surface area contributed by atoms with Crippen LogP contribution in [0, 0.1) is 5.82 Å². The number of carbonyl (C=O) groups excluding carboxylic acids is 1. The highest BCUT2D eigenvalue weighted by Gasteiger charge is 2.31. The minimum atomic E-state index is -4.22. The minimum Gasteiger partial charge on any atom is -0.468 e. The van der Waals surface area contributed by atoms with Crippen molar-refractivity contribution in [3.8, 4) is 0 Å². The van der Waals surface area contributed by atoms with Gasteiger partial charge in [0.25, 0.3) is 0 Å². The van der Waals surface area contributed by atoms with Crippen molar-refractivity contribution in [2.24, 2.45) is 0 Å². The summed E-state index contributed by atoms with van der Waals surface area (Å²) >= 11 is 5.65. The van der Waals surface area contributed by atoms with Crippen LogP contribution >= 0.6 is 11.6 Å². The molecular weight excluding hydrogens is 313 g/mol. The molecule has 0 bridgehead atoms. The monoisotopic (exact) mass is 325 g/mol. The molecule has 0 heterocycles. The molecule has 0 saturated carbocycles. The number of aliphatic hydroxyl groups is 1. The molecule has 0 amide bonds. The minimum absolute atomic E-state index is 0.341. The number of sulfonamides is 1. The molecule has 20 heavy (non-hydrogen) atoms. The Morgan fingerprint density at radius 1 is 1.50 bits per heavy atom. The van der Waals surface area contributed by atoms with Crippen LogP contribution in [0.3, 0.4) is 0 Å². The Morgan fingerprint density at radius 3 is 2.55 bits per heavy atom. The highest BCUT2D eigenvalue weighted by atomic mass is 35.5. The van der Waals surface area contributed by atoms with Gasteiger partial charge in [-0.3, -0.25) is 4.79 Å². The first-order valence-electron chi connectivity index (χ1n) is 5.42. The number of methoxy groups -OCH3 is 1. The molecule has 112 valence electrons. The first-order valence-corrected chi connectivity index (χ1v) is 7.28. The Hall–Kier alpha value is -1.22. The van der Waals surface area contributed by atoms with Crippen LogP contribution in [-0.2, 0) is 19.6 Å². The lowest BCUT2D eigenvalue weighted by atomic mass is 10.2. The number of halogens is 2. The van der Waals surface area contributed by atoms with Crippen molar-refractivity contribution in [2.45, 2.75) is 24.0 Å². The van der Waals surface area contributed by atoms with Gasteiger partial charge in [0.05, 0.1) is 18.2 Å². The van der Waals surface area contributed by atoms with Gasteiger partial charge in [-0.1, -0.05) is 11.6 Å². The maximum absolute atomic E-state index is 12.9. The molecule has 0 fully saturated rings. The molecule has 1 aromatic carbocycles. The van der Waals surface area contributed by atoms with Crippen LogP contribution in [-0.4, -0.2) is 38.7 Å². The maximum atomic E-state index is 12.9. The van der Waals surface area contributed by atoms with Crippen molar-refractivity contribution in [1.29, 1.82) is 0 Å². The van der Waals surface area contributed by atoms with Crippen LogP contribution in [0.2, 0.25) is 5.02 Å². The zero-order valence-electron chi connectivity index (χ0n) is 10.6. The molecule has 0 aliphatic carbocycles. The van der Waals surface area contributed by atoms with E-state index in [1.54, 1.807) is 0 Å². The number of ether oxygens (including phenoxy) is 1. The number of carbonyl (C=O) groups is 1. The Balaban J connectivity index is 3.13. The normalized spacial score (nSPS) is 14.7. The van der Waals surface area contributed by atoms with Gasteiger partial charge in [0.2, 0.25) is 10.0 Å². The smallest absolute Gasteiger partial charge is 0.326 e. The van der Waals surface area contributed by atoms with Crippen molar-refractivity contribution < 1.29 is 27.4 Å². The summed E-state index contributed by atoms with van der Waals surface area (Å²) in [7, 11) is -3.16. The number of hydrogen-bond acceptors (Lipinski definition) is 5. The van der Waals surface area contributed by atoms with Crippen LogP contribution in [0.4, 0.5) is 4.39 Å². The first-order chi connectivity index (χ1) is 9.19. The number of nitrogens with one attached hydrogen (secondary N) is 1. The molecular formula is C11H13ClFNO5S. The summed E-state index contributed by atoms with van der Waals surface area (Å²) in [6, 6.07) is 1.20. The van der Waals surface area contributed by atoms with E-state index in [1.165, 1.54) is 6.92 Å². The van der Waals surface area contributed by atoms with Crippen molar-refractivity contribution >= 4 is 27.6 Å². The highest BCUT2D eigenvalue weighted by Crippen LogP contribution is 2.22. The molecule has 1 aromatic rings. The Labute approximate surface area is 120 Å². The molecule has 1 rings (SSSR count). The SMILES string of the molecule is COC(=O)[C@H](NS(=O)(=O)c1ccc(F)cc1Cl)[C@H](C)O. The topological polar surface area (TPSA) is 92.7 Å². The van der Waals surface area contributed by atoms with Crippen LogP contribution < -0.4 is 4.72 Å². The Kier molecular flexibility index (Phi) is 5.46. The standard InChI is InChI=1S/C11H13ClFNO5S/c1-6(15)10(11(16)19-2)14-20(17,18)9-4-3-7(13)5-8(9)12/h3-6,10,14-15H,1-2H3/t6-,10+/m0/s1. The summed E-state index contributed by atoms with van der Waals surface area (Å²) in [5.41, 5.74) is 0. The molecule has 0 aliphatic rings. The van der Waals surface area contributed by atoms with Gasteiger partial charge >= 0.3 is 5.97 Å². The van der Waals surface area contributed by atoms with E-state index in [1.807, 2.05) is 4.72 Å². The van der Waals surface area contributed by atoms with Crippen molar-refractivity contribution in [1.82, 2.24) is 4.72 Å². The summed E-state index contributed by atoms with van der Waals surface area (Å²) in [4.78, 5) is 11.0. The van der Waals surface area contributed by atoms with E-state index in [0.717, 1.165) is 25.3 Å². The third-order valence-corrected chi connectivity index (χ3v) is 4.33. The Morgan fingerprint density at radius 2 is 2.10 bits per heavy atom. The molecule has 0 radical (unpaired) electrons. The molecule has 0 spiro atoms. The van der Waals surface area contributed by atoms with Gasteiger partial charge < -0.3 is 9.84 Å². The lowest BCUT2D eigenvalue weighted by Crippen LogP contribution is -2.48. The van der Waals surface area contributed by atoms with Gasteiger partial charge in [-0.15, -0.1) is 0 Å². The number of rotatable bonds is 5. The summed E-state index contributed by atoms with van der Waals surface area (Å²) in [6.07, 6.45) is -1.32. The summed E-state index contributed by atoms with van der Waals surface area (Å²) in [5.74, 6) is -1.66. The second kappa shape index (κ2) is 6.49. The number of hydrogen-bond donors (Lipinski definition) is 2. The predicted molar refractivity (Wildman–Crippen MR) is 69.2 cm³/mol. The second-order valence-corrected chi connectivity index (χ2v) is 6.03. The van der Waals surface area contributed by atoms with Gasteiger partial charge in [-0.25, -0.2) is 12.8 Å². The summed E-state index contributed by atoms with van der Waals surface area (Å²) in [5, 5.41) is 9.08. The van der Waals surface area contributed by atoms with Gasteiger partial charge in [0.1, 0.15) is 16.8 Å². The average molecular weight is 326 g/mol. The van der Waals surface area contributed by atoms with Crippen molar-refractivity contribution in [2.75, 3.05) is 7.11 Å². The van der Waals surface area contributed by atoms with Crippen molar-refractivity contribution in [3.63, 3.8) is 0 Å². The van der Waals surface area contributed by atoms with E-state index in [4.69, 9.17) is 11.6 Å². The van der Waals surface area contributed by atoms with Crippen LogP contribution in [0.15, 0.2) is 23.1 Å². The average Bonchev–Trinajstić information content (AvgIpc) is 2.34. The molecule has 9 heteroatoms. The second-order valence-electron chi connectivity index (χ2n) is 3.94. The van der Waals surface area contributed by atoms with E-state index in [0.29, 0.717) is 0 Å². The third kappa shape index (κ3) is 3.89. The van der Waals surface area contributed by atoms with Crippen LogP contribution in [0.1, 0.15) is 6.92 Å². The molecule has 2 atom stereocenters. The van der Waals surface area contributed by atoms with E-state index in [9.17, 15) is 22.7 Å². The molecule has 6 nitrogen and oxygen atoms in total. The van der Waals surface area contributed by atoms with Crippen LogP contribution in [0.25, 0.3) is 0 Å². The number of benzene rings is 1. The molecule has 0 aromatic heterocycles. The zero-order valence-corrected chi connectivity index (χ0v) is 12.2. The predicted octanol–water partition coefficient (Wildman–Crippen LogP) is 0.680. The van der Waals surface area contributed by atoms with Gasteiger partial charge in [0, 0.05) is 0 Å². The lowest BCUT2D eigenvalue weighted by molar-refractivity contribution is -0.145. The third-order valence-electron chi connectivity index (χ3n) is 2.40. The molecule has 0 aliphatic heterocycles. The summed E-state index contributed by atoms with van der Waals surface area (Å²) < 4.78 is 43.4. The molecule has 0 saturated heterocycles. The Bertz CT molecular complexity index is 605. The first kappa shape index (κ1) is 16.8. The van der Waals surface area contributed by atoms with Gasteiger partial charge in [-0.05, 0) is 25.1 Å². The fraction of sp³-hybridized carbons (Fsp3) is 0.364. The fourth-order valence-electron chi connectivity index (χ4n) is 1.39. The lowest BCUT2D eigenvalue weighted by Gasteiger charge is -2.19. The number of aliphatic hydroxyl groups excluding tert-OH is 1. The van der Waals surface area contributed by atoms with Crippen molar-refractivity contribution in [3.05, 3.63) is 29.0 Å². The fourth-order valence-corrected chi connectivity index (χ4v) is 3.18. The number of esters is 1. The summed E-state index contributed by atoms with van der Waals surface area (Å²) in [6.45, 7) is 1.22. The zero-order chi connectivity index (χ0) is 15.5. The largest absolute Gasteiger partial charge is 0.468 e. The molecule has 0 unspecified atom stereocenters. The van der Waals surface area contributed by atoms with Gasteiger partial charge in [0.15, 0.2) is 0 Å². The quantitative estimate of drug-likeness (QED) is 0.777. The van der Waals surface area contributed by atoms with E-state index < -0.39 is 38.9 Å². The van der Waals surface area contributed by atoms with E-state index >= 15 is 0 Å². The highest BCUT2D eigenvalue weighted by molar-refractivity contribution is 7.89. The van der Waals surface area contributed by atoms with Gasteiger partial charge in [-0.2, -0.15) is 4.72 Å².